The first kappa shape index (κ1) is 38.7. The van der Waals surface area contributed by atoms with Crippen LogP contribution >= 0.6 is 9.24 Å². The van der Waals surface area contributed by atoms with Crippen molar-refractivity contribution in [3.63, 3.8) is 0 Å². The van der Waals surface area contributed by atoms with Crippen LogP contribution in [-0.4, -0.2) is 20.1 Å². The van der Waals surface area contributed by atoms with Gasteiger partial charge in [0, 0.05) is 7.05 Å². The second-order valence-electron chi connectivity index (χ2n) is 8.93. The van der Waals surface area contributed by atoms with Crippen molar-refractivity contribution >= 4 is 21.4 Å². The molecule has 0 spiro atoms. The molecule has 0 heterocycles. The molecular formula is C33H54FN2O2P. The summed E-state index contributed by atoms with van der Waals surface area (Å²) in [7, 11) is 4.39. The van der Waals surface area contributed by atoms with Crippen molar-refractivity contribution in [3.8, 4) is 5.75 Å². The monoisotopic (exact) mass is 560 g/mol. The maximum absolute atomic E-state index is 12.4. The number of aryl methyl sites for hydroxylation is 1. The van der Waals surface area contributed by atoms with Gasteiger partial charge >= 0.3 is 0 Å². The van der Waals surface area contributed by atoms with Gasteiger partial charge in [-0.05, 0) is 80.5 Å². The lowest BCUT2D eigenvalue weighted by atomic mass is 9.84. The highest BCUT2D eigenvalue weighted by Gasteiger charge is 2.17. The highest BCUT2D eigenvalue weighted by molar-refractivity contribution is 7.22. The summed E-state index contributed by atoms with van der Waals surface area (Å²) in [6.45, 7) is 14.9. The van der Waals surface area contributed by atoms with Crippen LogP contribution in [0.15, 0.2) is 66.5 Å². The zero-order valence-corrected chi connectivity index (χ0v) is 26.4. The molecule has 1 unspecified atom stereocenters. The SMILES string of the molecule is C=C/C=C(\C)P.CC.CCC.CNc1ccc(C2CCCCC2)cc1OC=O.NCCCc1ccc(F)cc1. The number of carbonyl (C=O) groups is 1. The average Bonchev–Trinajstić information content (AvgIpc) is 2.95. The summed E-state index contributed by atoms with van der Waals surface area (Å²) in [6, 6.07) is 12.7. The summed E-state index contributed by atoms with van der Waals surface area (Å²) in [5.74, 6) is 1.08. The number of nitrogens with two attached hydrogens (primary N) is 1. The average molecular weight is 561 g/mol. The Morgan fingerprint density at radius 3 is 2.15 bits per heavy atom. The third kappa shape index (κ3) is 20.1. The van der Waals surface area contributed by atoms with Gasteiger partial charge in [0.15, 0.2) is 5.75 Å². The van der Waals surface area contributed by atoms with Crippen molar-refractivity contribution in [2.75, 3.05) is 18.9 Å². The second kappa shape index (κ2) is 27.1. The van der Waals surface area contributed by atoms with E-state index in [-0.39, 0.29) is 5.82 Å². The fourth-order valence-electron chi connectivity index (χ4n) is 3.73. The molecule has 3 rings (SSSR count). The molecule has 39 heavy (non-hydrogen) atoms. The van der Waals surface area contributed by atoms with E-state index in [4.69, 9.17) is 10.5 Å². The van der Waals surface area contributed by atoms with E-state index in [0.29, 0.717) is 24.7 Å². The molecule has 0 saturated heterocycles. The first-order valence-electron chi connectivity index (χ1n) is 14.3. The molecule has 2 aromatic carbocycles. The third-order valence-corrected chi connectivity index (χ3v) is 5.68. The van der Waals surface area contributed by atoms with Gasteiger partial charge in [0.05, 0.1) is 5.69 Å². The van der Waals surface area contributed by atoms with E-state index in [9.17, 15) is 9.18 Å². The fourth-order valence-corrected chi connectivity index (χ4v) is 3.86. The Kier molecular flexibility index (Phi) is 26.9. The summed E-state index contributed by atoms with van der Waals surface area (Å²) in [5.41, 5.74) is 8.63. The van der Waals surface area contributed by atoms with Crippen LogP contribution in [-0.2, 0) is 11.2 Å². The van der Waals surface area contributed by atoms with Crippen molar-refractivity contribution < 1.29 is 13.9 Å². The summed E-state index contributed by atoms with van der Waals surface area (Å²) < 4.78 is 17.4. The normalized spacial score (nSPS) is 12.4. The number of hydrogen-bond acceptors (Lipinski definition) is 4. The molecule has 0 bridgehead atoms. The van der Waals surface area contributed by atoms with Crippen LogP contribution in [0, 0.1) is 5.82 Å². The number of anilines is 1. The van der Waals surface area contributed by atoms with Crippen LogP contribution in [0.25, 0.3) is 0 Å². The van der Waals surface area contributed by atoms with E-state index in [1.165, 1.54) is 61.5 Å². The molecule has 6 heteroatoms. The smallest absolute Gasteiger partial charge is 0.298 e. The minimum Gasteiger partial charge on any atom is -0.427 e. The van der Waals surface area contributed by atoms with Gasteiger partial charge in [-0.15, -0.1) is 9.24 Å². The number of nitrogens with one attached hydrogen (secondary N) is 1. The van der Waals surface area contributed by atoms with E-state index in [1.54, 1.807) is 18.2 Å². The molecule has 2 aromatic rings. The summed E-state index contributed by atoms with van der Waals surface area (Å²) in [6.07, 6.45) is 13.3. The van der Waals surface area contributed by atoms with Crippen molar-refractivity contribution in [2.45, 2.75) is 91.9 Å². The number of hydrogen-bond donors (Lipinski definition) is 2. The maximum atomic E-state index is 12.4. The summed E-state index contributed by atoms with van der Waals surface area (Å²) >= 11 is 0. The second-order valence-corrected chi connectivity index (χ2v) is 9.84. The van der Waals surface area contributed by atoms with Gasteiger partial charge in [0.25, 0.3) is 6.47 Å². The molecule has 1 fully saturated rings. The summed E-state index contributed by atoms with van der Waals surface area (Å²) in [4.78, 5) is 10.5. The molecular weight excluding hydrogens is 506 g/mol. The van der Waals surface area contributed by atoms with E-state index in [2.05, 4.69) is 41.0 Å². The van der Waals surface area contributed by atoms with Crippen molar-refractivity contribution in [1.82, 2.24) is 0 Å². The molecule has 4 nitrogen and oxygen atoms in total. The van der Waals surface area contributed by atoms with Crippen LogP contribution in [0.2, 0.25) is 0 Å². The third-order valence-electron chi connectivity index (χ3n) is 5.49. The van der Waals surface area contributed by atoms with Crippen molar-refractivity contribution in [1.29, 1.82) is 0 Å². The quantitative estimate of drug-likeness (QED) is 0.192. The number of ether oxygens (including phenoxy) is 1. The van der Waals surface area contributed by atoms with Crippen LogP contribution in [0.5, 0.6) is 5.75 Å². The lowest BCUT2D eigenvalue weighted by Gasteiger charge is -2.22. The first-order valence-corrected chi connectivity index (χ1v) is 14.9. The van der Waals surface area contributed by atoms with E-state index < -0.39 is 0 Å². The Bertz CT molecular complexity index is 891. The minimum absolute atomic E-state index is 0.179. The van der Waals surface area contributed by atoms with Crippen LogP contribution in [0.3, 0.4) is 0 Å². The largest absolute Gasteiger partial charge is 0.427 e. The van der Waals surface area contributed by atoms with Crippen molar-refractivity contribution in [2.24, 2.45) is 5.73 Å². The van der Waals surface area contributed by atoms with E-state index >= 15 is 0 Å². The molecule has 0 aromatic heterocycles. The number of benzene rings is 2. The molecule has 0 amide bonds. The van der Waals surface area contributed by atoms with Gasteiger partial charge in [-0.25, -0.2) is 4.39 Å². The fraction of sp³-hybridized carbons (Fsp3) is 0.485. The Hall–Kier alpha value is -2.49. The van der Waals surface area contributed by atoms with Gasteiger partial charge < -0.3 is 15.8 Å². The van der Waals surface area contributed by atoms with Gasteiger partial charge in [-0.3, -0.25) is 4.79 Å². The standard InChI is InChI=1S/C14H19NO2.C9H12FN.C5H9P.C3H8.C2H6/c1-15-13-8-7-12(9-14(13)17-10-16)11-5-3-2-4-6-11;10-9-5-3-8(4-6-9)2-1-7-11;1-3-4-5(2)6;1-3-2;1-2/h7-11,15H,2-6H2,1H3;3-6H,1-2,7,11H2;3-4H,1,6H2,2H3;3H2,1-2H3;1-2H3/b;;5-4+;;. The predicted octanol–water partition coefficient (Wildman–Crippen LogP) is 9.42. The Labute approximate surface area is 240 Å². The lowest BCUT2D eigenvalue weighted by Crippen LogP contribution is -2.05. The Morgan fingerprint density at radius 2 is 1.72 bits per heavy atom. The molecule has 1 aliphatic carbocycles. The number of rotatable bonds is 8. The number of halogens is 1. The zero-order chi connectivity index (χ0) is 29.9. The number of carbonyl (C=O) groups excluding carboxylic acids is 1. The number of allylic oxidation sites excluding steroid dienone is 3. The van der Waals surface area contributed by atoms with E-state index in [1.807, 2.05) is 46.0 Å². The Balaban J connectivity index is 0. The predicted molar refractivity (Wildman–Crippen MR) is 173 cm³/mol. The minimum atomic E-state index is -0.179. The highest BCUT2D eigenvalue weighted by atomic mass is 31.0. The molecule has 0 aliphatic heterocycles. The topological polar surface area (TPSA) is 64.3 Å². The van der Waals surface area contributed by atoms with Crippen LogP contribution in [0.4, 0.5) is 10.1 Å². The first-order chi connectivity index (χ1) is 18.9. The Morgan fingerprint density at radius 1 is 1.13 bits per heavy atom. The van der Waals surface area contributed by atoms with Gasteiger partial charge in [-0.1, -0.05) is 95.6 Å². The molecule has 220 valence electrons. The van der Waals surface area contributed by atoms with E-state index in [0.717, 1.165) is 24.1 Å². The van der Waals surface area contributed by atoms with Crippen LogP contribution in [0.1, 0.15) is 96.6 Å². The van der Waals surface area contributed by atoms with Gasteiger partial charge in [-0.2, -0.15) is 0 Å². The molecule has 0 radical (unpaired) electrons. The molecule has 3 N–H and O–H groups in total. The van der Waals surface area contributed by atoms with Gasteiger partial charge in [0.1, 0.15) is 5.82 Å². The molecule has 1 aliphatic rings. The molecule has 1 saturated carbocycles. The zero-order valence-electron chi connectivity index (χ0n) is 25.3. The van der Waals surface area contributed by atoms with Crippen molar-refractivity contribution in [3.05, 3.63) is 83.5 Å². The van der Waals surface area contributed by atoms with Crippen LogP contribution < -0.4 is 15.8 Å². The maximum Gasteiger partial charge on any atom is 0.298 e. The van der Waals surface area contributed by atoms with Gasteiger partial charge in [0.2, 0.25) is 0 Å². The highest BCUT2D eigenvalue weighted by Crippen LogP contribution is 2.36. The molecule has 1 atom stereocenters. The summed E-state index contributed by atoms with van der Waals surface area (Å²) in [5, 5.41) is 4.24. The lowest BCUT2D eigenvalue weighted by molar-refractivity contribution is -0.120.